The third-order valence-corrected chi connectivity index (χ3v) is 13.2. The first-order valence-corrected chi connectivity index (χ1v) is 22.5. The Morgan fingerprint density at radius 1 is 0.483 bits per heavy atom. The van der Waals surface area contributed by atoms with E-state index >= 15 is 0 Å². The Hall–Kier alpha value is -4.28. The van der Waals surface area contributed by atoms with Gasteiger partial charge in [0.25, 0.3) is 0 Å². The van der Waals surface area contributed by atoms with E-state index in [-0.39, 0.29) is 56.1 Å². The van der Waals surface area contributed by atoms with Crippen LogP contribution in [0.25, 0.3) is 0 Å². The average molecular weight is 845 g/mol. The predicted octanol–water partition coefficient (Wildman–Crippen LogP) is 0.962. The number of amides is 8. The molecule has 0 aromatic carbocycles. The highest BCUT2D eigenvalue weighted by atomic mass is 16.3. The molecule has 4 rings (SSSR count). The lowest BCUT2D eigenvalue weighted by molar-refractivity contribution is -0.149. The van der Waals surface area contributed by atoms with Crippen LogP contribution in [-0.4, -0.2) is 141 Å². The van der Waals surface area contributed by atoms with Crippen molar-refractivity contribution in [2.45, 2.75) is 181 Å². The van der Waals surface area contributed by atoms with E-state index in [1.807, 2.05) is 48.5 Å². The molecule has 4 aliphatic rings. The van der Waals surface area contributed by atoms with Gasteiger partial charge in [-0.3, -0.25) is 38.4 Å². The molecule has 4 heterocycles. The summed E-state index contributed by atoms with van der Waals surface area (Å²) in [5, 5.41) is 25.1. The number of hydrogen-bond donors (Lipinski definition) is 6. The summed E-state index contributed by atoms with van der Waals surface area (Å²) in [5.41, 5.74) is 0. The molecule has 0 spiro atoms. The summed E-state index contributed by atoms with van der Waals surface area (Å²) in [5.74, 6) is -5.62. The molecule has 60 heavy (non-hydrogen) atoms. The van der Waals surface area contributed by atoms with Crippen molar-refractivity contribution in [2.24, 2.45) is 23.7 Å². The van der Waals surface area contributed by atoms with Gasteiger partial charge in [-0.25, -0.2) is 0 Å². The topological polar surface area (TPSA) is 227 Å². The van der Waals surface area contributed by atoms with Crippen LogP contribution in [0.3, 0.4) is 0 Å². The van der Waals surface area contributed by atoms with E-state index in [0.29, 0.717) is 51.4 Å². The fourth-order valence-corrected chi connectivity index (χ4v) is 8.90. The summed E-state index contributed by atoms with van der Waals surface area (Å²) in [4.78, 5) is 118. The van der Waals surface area contributed by atoms with Crippen LogP contribution < -0.4 is 26.6 Å². The Kier molecular flexibility index (Phi) is 17.3. The van der Waals surface area contributed by atoms with E-state index in [1.165, 1.54) is 21.6 Å². The summed E-state index contributed by atoms with van der Waals surface area (Å²) >= 11 is 0. The summed E-state index contributed by atoms with van der Waals surface area (Å²) in [6, 6.07) is -8.54. The lowest BCUT2D eigenvalue weighted by atomic mass is 9.93. The third kappa shape index (κ3) is 11.1. The van der Waals surface area contributed by atoms with Crippen LogP contribution in [0, 0.1) is 23.7 Å². The largest absolute Gasteiger partial charge is 0.391 e. The highest BCUT2D eigenvalue weighted by Crippen LogP contribution is 2.28. The molecule has 0 aromatic rings. The highest BCUT2D eigenvalue weighted by molar-refractivity contribution is 5.99. The molecule has 0 aliphatic carbocycles. The third-order valence-electron chi connectivity index (χ3n) is 13.2. The number of nitrogens with zero attached hydrogens (tertiary/aromatic N) is 3. The minimum Gasteiger partial charge on any atom is -0.391 e. The number of nitrogens with one attached hydrogen (secondary N) is 5. The molecule has 8 amide bonds. The van der Waals surface area contributed by atoms with Crippen LogP contribution in [0.5, 0.6) is 0 Å². The Balaban J connectivity index is 1.79. The molecular weight excluding hydrogens is 773 g/mol. The fourth-order valence-electron chi connectivity index (χ4n) is 8.90. The number of aliphatic hydroxyl groups is 1. The number of fused-ring (bicyclic) bond motifs is 3. The number of aliphatic hydroxyl groups excluding tert-OH is 1. The maximum absolute atomic E-state index is 14.4. The fraction of sp³-hybridized carbons (Fsp3) is 0.814. The molecule has 17 nitrogen and oxygen atoms in total. The first-order chi connectivity index (χ1) is 28.4. The second kappa shape index (κ2) is 21.5. The zero-order chi connectivity index (χ0) is 44.6. The van der Waals surface area contributed by atoms with Gasteiger partial charge >= 0.3 is 0 Å². The van der Waals surface area contributed by atoms with Crippen molar-refractivity contribution in [3.05, 3.63) is 0 Å². The highest BCUT2D eigenvalue weighted by Gasteiger charge is 2.46. The van der Waals surface area contributed by atoms with Crippen molar-refractivity contribution in [3.63, 3.8) is 0 Å². The van der Waals surface area contributed by atoms with Gasteiger partial charge in [-0.15, -0.1) is 0 Å². The number of carbonyl (C=O) groups is 8. The summed E-state index contributed by atoms with van der Waals surface area (Å²) in [7, 11) is 0. The van der Waals surface area contributed by atoms with Crippen LogP contribution >= 0.6 is 0 Å². The van der Waals surface area contributed by atoms with Crippen molar-refractivity contribution in [1.82, 2.24) is 41.3 Å². The number of carbonyl (C=O) groups excluding carboxylic acids is 8. The standard InChI is InChI=1S/C43H72N8O9/c1-10-24(6)32-38(55)44-28(22-23(4)5)41(58)51-21-15-18-31(51)42(59)49-19-13-16-29(49)37(54)48-35(27(9)52)43(60)50-20-14-17-30(50)36(53)45-33(25(7)11-2)39(56)47-34(26(8)12-3)40(57)46-32/h23-35,52H,10-22H2,1-9H3,(H,44,55)(H,45,53)(H,46,57)(H,47,56)(H,48,54)/t24-,25-,26-,27-,28+,29+,30+,31+,32+,33+,34+,35-/m1/s1. The molecule has 17 heteroatoms. The van der Waals surface area contributed by atoms with Crippen LogP contribution in [0.15, 0.2) is 0 Å². The van der Waals surface area contributed by atoms with Crippen molar-refractivity contribution in [3.8, 4) is 0 Å². The second-order valence-corrected chi connectivity index (χ2v) is 18.1. The lowest BCUT2D eigenvalue weighted by Crippen LogP contribution is -2.63. The molecule has 338 valence electrons. The quantitative estimate of drug-likeness (QED) is 0.194. The van der Waals surface area contributed by atoms with Gasteiger partial charge < -0.3 is 46.4 Å². The van der Waals surface area contributed by atoms with E-state index in [4.69, 9.17) is 0 Å². The Labute approximate surface area is 355 Å². The molecule has 0 saturated carbocycles. The molecular formula is C43H72N8O9. The zero-order valence-electron chi connectivity index (χ0n) is 37.3. The summed E-state index contributed by atoms with van der Waals surface area (Å²) in [6.07, 6.45) is 2.85. The molecule has 0 bridgehead atoms. The first kappa shape index (κ1) is 48.4. The predicted molar refractivity (Wildman–Crippen MR) is 223 cm³/mol. The maximum Gasteiger partial charge on any atom is 0.248 e. The molecule has 4 aliphatic heterocycles. The van der Waals surface area contributed by atoms with E-state index in [2.05, 4.69) is 26.6 Å². The zero-order valence-corrected chi connectivity index (χ0v) is 37.3. The second-order valence-electron chi connectivity index (χ2n) is 18.1. The molecule has 0 radical (unpaired) electrons. The van der Waals surface area contributed by atoms with Crippen LogP contribution in [0.2, 0.25) is 0 Å². The molecule has 4 saturated heterocycles. The van der Waals surface area contributed by atoms with Gasteiger partial charge in [-0.1, -0.05) is 74.7 Å². The van der Waals surface area contributed by atoms with Crippen LogP contribution in [-0.2, 0) is 38.4 Å². The van der Waals surface area contributed by atoms with Crippen molar-refractivity contribution in [1.29, 1.82) is 0 Å². The van der Waals surface area contributed by atoms with Gasteiger partial charge in [0, 0.05) is 19.6 Å². The van der Waals surface area contributed by atoms with Gasteiger partial charge in [0.2, 0.25) is 47.3 Å². The molecule has 0 aromatic heterocycles. The van der Waals surface area contributed by atoms with Crippen molar-refractivity contribution < 1.29 is 43.5 Å². The molecule has 4 fully saturated rings. The Morgan fingerprint density at radius 2 is 0.833 bits per heavy atom. The molecule has 6 N–H and O–H groups in total. The summed E-state index contributed by atoms with van der Waals surface area (Å²) < 4.78 is 0. The van der Waals surface area contributed by atoms with Crippen molar-refractivity contribution >= 4 is 47.3 Å². The smallest absolute Gasteiger partial charge is 0.248 e. The van der Waals surface area contributed by atoms with Gasteiger partial charge in [0.15, 0.2) is 0 Å². The SMILES string of the molecule is CC[C@@H](C)[C@@H]1NC(=O)[C@H]([C@H](C)CC)NC(=O)[C@H]([C@H](C)CC)NC(=O)[C@@H]2CCCN2C(=O)[C@@H]([C@@H](C)O)NC(=O)[C@@H]2CCCN2C(=O)[C@@H]2CCCN2C(=O)[C@H](CC(C)C)NC1=O. The molecule has 0 unspecified atom stereocenters. The Bertz CT molecular complexity index is 1590. The van der Waals surface area contributed by atoms with Gasteiger partial charge in [-0.05, 0) is 75.5 Å². The lowest BCUT2D eigenvalue weighted by Gasteiger charge is -2.35. The van der Waals surface area contributed by atoms with Gasteiger partial charge in [0.05, 0.1) is 6.10 Å². The normalized spacial score (nSPS) is 31.6. The average Bonchev–Trinajstić information content (AvgIpc) is 4.02. The number of rotatable bonds is 9. The Morgan fingerprint density at radius 3 is 1.23 bits per heavy atom. The maximum atomic E-state index is 14.4. The van der Waals surface area contributed by atoms with E-state index in [0.717, 1.165) is 0 Å². The van der Waals surface area contributed by atoms with Gasteiger partial charge in [-0.2, -0.15) is 0 Å². The monoisotopic (exact) mass is 845 g/mol. The van der Waals surface area contributed by atoms with E-state index in [1.54, 1.807) is 6.92 Å². The number of hydrogen-bond acceptors (Lipinski definition) is 9. The van der Waals surface area contributed by atoms with E-state index in [9.17, 15) is 43.5 Å². The van der Waals surface area contributed by atoms with Gasteiger partial charge in [0.1, 0.15) is 48.3 Å². The van der Waals surface area contributed by atoms with E-state index < -0.39 is 102 Å². The van der Waals surface area contributed by atoms with Crippen molar-refractivity contribution in [2.75, 3.05) is 19.6 Å². The summed E-state index contributed by atoms with van der Waals surface area (Å²) in [6.45, 7) is 17.0. The minimum atomic E-state index is -1.43. The van der Waals surface area contributed by atoms with Crippen LogP contribution in [0.4, 0.5) is 0 Å². The van der Waals surface area contributed by atoms with Crippen LogP contribution in [0.1, 0.15) is 127 Å². The minimum absolute atomic E-state index is 0.0319. The molecule has 12 atom stereocenters. The first-order valence-electron chi connectivity index (χ1n) is 22.5.